The molecule has 6 heteroatoms. The first-order chi connectivity index (χ1) is 11.1. The van der Waals surface area contributed by atoms with Crippen molar-refractivity contribution in [3.63, 3.8) is 0 Å². The molecular weight excluding hydrogens is 358 g/mol. The van der Waals surface area contributed by atoms with Crippen molar-refractivity contribution >= 4 is 21.8 Å². The van der Waals surface area contributed by atoms with Crippen molar-refractivity contribution in [2.75, 3.05) is 0 Å². The van der Waals surface area contributed by atoms with Gasteiger partial charge in [-0.25, -0.2) is 0 Å². The van der Waals surface area contributed by atoms with Crippen LogP contribution in [0.1, 0.15) is 21.8 Å². The second-order valence-corrected chi connectivity index (χ2v) is 5.94. The largest absolute Gasteiger partial charge is 0.343 e. The molecule has 3 rings (SSSR count). The van der Waals surface area contributed by atoms with Crippen LogP contribution in [-0.4, -0.2) is 16.0 Å². The molecule has 0 saturated carbocycles. The van der Waals surface area contributed by atoms with Crippen molar-refractivity contribution in [1.82, 2.24) is 15.5 Å². The normalized spacial score (nSPS) is 10.5. The summed E-state index contributed by atoms with van der Waals surface area (Å²) >= 11 is 3.34. The average Bonchev–Trinajstić information content (AvgIpc) is 3.02. The van der Waals surface area contributed by atoms with Gasteiger partial charge in [0.2, 0.25) is 11.7 Å². The van der Waals surface area contributed by atoms with Crippen molar-refractivity contribution < 1.29 is 9.32 Å². The number of amides is 1. The van der Waals surface area contributed by atoms with Crippen LogP contribution in [0.25, 0.3) is 11.4 Å². The highest BCUT2D eigenvalue weighted by atomic mass is 79.9. The second-order valence-electron chi connectivity index (χ2n) is 5.02. The Morgan fingerprint density at radius 2 is 2.04 bits per heavy atom. The van der Waals surface area contributed by atoms with E-state index in [2.05, 4.69) is 31.4 Å². The van der Waals surface area contributed by atoms with Crippen LogP contribution in [0.4, 0.5) is 0 Å². The zero-order valence-electron chi connectivity index (χ0n) is 12.4. The maximum atomic E-state index is 12.1. The van der Waals surface area contributed by atoms with E-state index in [1.807, 2.05) is 43.3 Å². The molecule has 0 fully saturated rings. The number of aromatic nitrogens is 2. The van der Waals surface area contributed by atoms with Crippen LogP contribution in [0.5, 0.6) is 0 Å². The lowest BCUT2D eigenvalue weighted by atomic mass is 10.1. The Kier molecular flexibility index (Phi) is 4.52. The SMILES string of the molecule is Cc1ccccc1-c1noc(CNC(=O)c2cccc(Br)c2)n1. The third kappa shape index (κ3) is 3.65. The van der Waals surface area contributed by atoms with Crippen LogP contribution in [0.15, 0.2) is 57.5 Å². The summed E-state index contributed by atoms with van der Waals surface area (Å²) in [7, 11) is 0. The van der Waals surface area contributed by atoms with Gasteiger partial charge in [-0.3, -0.25) is 4.79 Å². The molecule has 0 spiro atoms. The van der Waals surface area contributed by atoms with E-state index in [0.717, 1.165) is 15.6 Å². The number of rotatable bonds is 4. The summed E-state index contributed by atoms with van der Waals surface area (Å²) in [6, 6.07) is 15.0. The molecule has 23 heavy (non-hydrogen) atoms. The van der Waals surface area contributed by atoms with Crippen LogP contribution in [0.3, 0.4) is 0 Å². The van der Waals surface area contributed by atoms with E-state index in [-0.39, 0.29) is 12.5 Å². The fourth-order valence-electron chi connectivity index (χ4n) is 2.15. The second kappa shape index (κ2) is 6.75. The Balaban J connectivity index is 1.68. The van der Waals surface area contributed by atoms with Crippen molar-refractivity contribution in [2.24, 2.45) is 0 Å². The molecule has 1 aromatic heterocycles. The summed E-state index contributed by atoms with van der Waals surface area (Å²) in [5.74, 6) is 0.698. The summed E-state index contributed by atoms with van der Waals surface area (Å²) in [5.41, 5.74) is 2.55. The smallest absolute Gasteiger partial charge is 0.251 e. The predicted molar refractivity (Wildman–Crippen MR) is 89.8 cm³/mol. The third-order valence-corrected chi connectivity index (χ3v) is 3.83. The van der Waals surface area contributed by atoms with E-state index in [9.17, 15) is 4.79 Å². The van der Waals surface area contributed by atoms with Gasteiger partial charge in [0, 0.05) is 15.6 Å². The van der Waals surface area contributed by atoms with E-state index in [4.69, 9.17) is 4.52 Å². The molecule has 5 nitrogen and oxygen atoms in total. The lowest BCUT2D eigenvalue weighted by molar-refractivity contribution is 0.0946. The molecule has 0 atom stereocenters. The Bertz CT molecular complexity index is 845. The molecule has 1 N–H and O–H groups in total. The van der Waals surface area contributed by atoms with E-state index in [1.165, 1.54) is 0 Å². The summed E-state index contributed by atoms with van der Waals surface area (Å²) in [6.07, 6.45) is 0. The lowest BCUT2D eigenvalue weighted by Crippen LogP contribution is -2.22. The van der Waals surface area contributed by atoms with Crippen LogP contribution in [0, 0.1) is 6.92 Å². The maximum Gasteiger partial charge on any atom is 0.251 e. The predicted octanol–water partition coefficient (Wildman–Crippen LogP) is 3.74. The number of benzene rings is 2. The third-order valence-electron chi connectivity index (χ3n) is 3.34. The van der Waals surface area contributed by atoms with E-state index < -0.39 is 0 Å². The Hall–Kier alpha value is -2.47. The number of nitrogens with one attached hydrogen (secondary N) is 1. The van der Waals surface area contributed by atoms with Gasteiger partial charge in [-0.1, -0.05) is 51.4 Å². The van der Waals surface area contributed by atoms with Gasteiger partial charge in [-0.15, -0.1) is 0 Å². The summed E-state index contributed by atoms with van der Waals surface area (Å²) in [5, 5.41) is 6.73. The van der Waals surface area contributed by atoms with Gasteiger partial charge >= 0.3 is 0 Å². The van der Waals surface area contributed by atoms with Gasteiger partial charge in [-0.05, 0) is 30.7 Å². The Labute approximate surface area is 141 Å². The monoisotopic (exact) mass is 371 g/mol. The number of halogens is 1. The zero-order valence-corrected chi connectivity index (χ0v) is 14.0. The van der Waals surface area contributed by atoms with Gasteiger partial charge in [0.1, 0.15) is 0 Å². The van der Waals surface area contributed by atoms with Gasteiger partial charge in [0.05, 0.1) is 6.54 Å². The van der Waals surface area contributed by atoms with Crippen molar-refractivity contribution in [2.45, 2.75) is 13.5 Å². The molecule has 0 saturated heterocycles. The molecule has 2 aromatic carbocycles. The number of nitrogens with zero attached hydrogens (tertiary/aromatic N) is 2. The fourth-order valence-corrected chi connectivity index (χ4v) is 2.55. The van der Waals surface area contributed by atoms with Gasteiger partial charge in [0.25, 0.3) is 5.91 Å². The first-order valence-electron chi connectivity index (χ1n) is 7.06. The minimum atomic E-state index is -0.193. The molecule has 0 aliphatic heterocycles. The van der Waals surface area contributed by atoms with Crippen molar-refractivity contribution in [3.05, 3.63) is 70.0 Å². The van der Waals surface area contributed by atoms with E-state index >= 15 is 0 Å². The quantitative estimate of drug-likeness (QED) is 0.758. The van der Waals surface area contributed by atoms with Gasteiger partial charge in [-0.2, -0.15) is 4.98 Å². The molecule has 3 aromatic rings. The fraction of sp³-hybridized carbons (Fsp3) is 0.118. The minimum Gasteiger partial charge on any atom is -0.343 e. The first kappa shape index (κ1) is 15.4. The van der Waals surface area contributed by atoms with Crippen LogP contribution < -0.4 is 5.32 Å². The Morgan fingerprint density at radius 1 is 1.22 bits per heavy atom. The summed E-state index contributed by atoms with van der Waals surface area (Å²) in [4.78, 5) is 16.4. The number of aryl methyl sites for hydroxylation is 1. The minimum absolute atomic E-state index is 0.185. The van der Waals surface area contributed by atoms with Crippen LogP contribution >= 0.6 is 15.9 Å². The highest BCUT2D eigenvalue weighted by Gasteiger charge is 2.12. The van der Waals surface area contributed by atoms with Crippen molar-refractivity contribution in [3.8, 4) is 11.4 Å². The highest BCUT2D eigenvalue weighted by molar-refractivity contribution is 9.10. The van der Waals surface area contributed by atoms with E-state index in [0.29, 0.717) is 17.3 Å². The summed E-state index contributed by atoms with van der Waals surface area (Å²) < 4.78 is 6.05. The van der Waals surface area contributed by atoms with Gasteiger partial charge in [0.15, 0.2) is 0 Å². The molecule has 0 aliphatic carbocycles. The topological polar surface area (TPSA) is 68.0 Å². The average molecular weight is 372 g/mol. The molecule has 116 valence electrons. The summed E-state index contributed by atoms with van der Waals surface area (Å²) in [6.45, 7) is 2.17. The number of carbonyl (C=O) groups is 1. The standard InChI is InChI=1S/C17H14BrN3O2/c1-11-5-2-3-8-14(11)16-20-15(23-21-16)10-19-17(22)12-6-4-7-13(18)9-12/h2-9H,10H2,1H3,(H,19,22). The highest BCUT2D eigenvalue weighted by Crippen LogP contribution is 2.19. The molecule has 0 aliphatic rings. The molecular formula is C17H14BrN3O2. The van der Waals surface area contributed by atoms with Crippen LogP contribution in [0.2, 0.25) is 0 Å². The van der Waals surface area contributed by atoms with Crippen LogP contribution in [-0.2, 0) is 6.54 Å². The number of hydrogen-bond donors (Lipinski definition) is 1. The molecule has 0 bridgehead atoms. The zero-order chi connectivity index (χ0) is 16.2. The van der Waals surface area contributed by atoms with Gasteiger partial charge < -0.3 is 9.84 Å². The van der Waals surface area contributed by atoms with Crippen molar-refractivity contribution in [1.29, 1.82) is 0 Å². The number of carbonyl (C=O) groups excluding carboxylic acids is 1. The number of hydrogen-bond acceptors (Lipinski definition) is 4. The lowest BCUT2D eigenvalue weighted by Gasteiger charge is -2.02. The Morgan fingerprint density at radius 3 is 2.83 bits per heavy atom. The van der Waals surface area contributed by atoms with E-state index in [1.54, 1.807) is 12.1 Å². The molecule has 0 radical (unpaired) electrons. The molecule has 1 heterocycles. The maximum absolute atomic E-state index is 12.1. The molecule has 1 amide bonds. The molecule has 0 unspecified atom stereocenters. The first-order valence-corrected chi connectivity index (χ1v) is 7.85.